The summed E-state index contributed by atoms with van der Waals surface area (Å²) in [6.45, 7) is 6.42. The van der Waals surface area contributed by atoms with Gasteiger partial charge in [0.05, 0.1) is 11.6 Å². The molecule has 1 heterocycles. The second-order valence-electron chi connectivity index (χ2n) is 3.39. The van der Waals surface area contributed by atoms with Crippen molar-refractivity contribution < 1.29 is 4.74 Å². The molecule has 0 aromatic carbocycles. The molecule has 0 saturated carbocycles. The van der Waals surface area contributed by atoms with Crippen molar-refractivity contribution in [1.29, 1.82) is 0 Å². The summed E-state index contributed by atoms with van der Waals surface area (Å²) in [4.78, 5) is 6.44. The van der Waals surface area contributed by atoms with Crippen LogP contribution >= 0.6 is 11.6 Å². The average molecular weight is 229 g/mol. The molecular weight excluding hydrogens is 212 g/mol. The quantitative estimate of drug-likeness (QED) is 0.775. The van der Waals surface area contributed by atoms with Crippen LogP contribution in [-0.4, -0.2) is 31.8 Å². The highest BCUT2D eigenvalue weighted by Crippen LogP contribution is 2.23. The van der Waals surface area contributed by atoms with Crippen LogP contribution in [0.1, 0.15) is 12.5 Å². The SMILES string of the molecule is CCN(CCOC)c1ncc(C)cc1Cl. The van der Waals surface area contributed by atoms with Crippen molar-refractivity contribution in [3.63, 3.8) is 0 Å². The molecule has 1 aromatic heterocycles. The molecule has 0 unspecified atom stereocenters. The largest absolute Gasteiger partial charge is 0.383 e. The molecule has 0 aliphatic rings. The van der Waals surface area contributed by atoms with Crippen LogP contribution in [0.2, 0.25) is 5.02 Å². The Bertz CT molecular complexity index is 317. The summed E-state index contributed by atoms with van der Waals surface area (Å²) < 4.78 is 5.05. The van der Waals surface area contributed by atoms with Gasteiger partial charge >= 0.3 is 0 Å². The fourth-order valence-corrected chi connectivity index (χ4v) is 1.71. The Morgan fingerprint density at radius 1 is 1.53 bits per heavy atom. The molecule has 0 fully saturated rings. The van der Waals surface area contributed by atoms with Gasteiger partial charge in [-0.15, -0.1) is 0 Å². The minimum Gasteiger partial charge on any atom is -0.383 e. The van der Waals surface area contributed by atoms with E-state index in [1.165, 1.54) is 0 Å². The molecule has 1 rings (SSSR count). The molecule has 0 aliphatic heterocycles. The Hall–Kier alpha value is -0.800. The lowest BCUT2D eigenvalue weighted by Crippen LogP contribution is -2.27. The van der Waals surface area contributed by atoms with Gasteiger partial charge in [0.2, 0.25) is 0 Å². The van der Waals surface area contributed by atoms with E-state index in [1.807, 2.05) is 19.2 Å². The van der Waals surface area contributed by atoms with Crippen molar-refractivity contribution in [3.8, 4) is 0 Å². The smallest absolute Gasteiger partial charge is 0.147 e. The van der Waals surface area contributed by atoms with E-state index in [0.29, 0.717) is 11.6 Å². The first-order valence-corrected chi connectivity index (χ1v) is 5.42. The van der Waals surface area contributed by atoms with Crippen LogP contribution in [0, 0.1) is 6.92 Å². The molecule has 0 aliphatic carbocycles. The van der Waals surface area contributed by atoms with Crippen LogP contribution in [0.4, 0.5) is 5.82 Å². The Morgan fingerprint density at radius 3 is 2.80 bits per heavy atom. The maximum absolute atomic E-state index is 6.14. The number of anilines is 1. The highest BCUT2D eigenvalue weighted by Gasteiger charge is 2.09. The van der Waals surface area contributed by atoms with Gasteiger partial charge in [-0.3, -0.25) is 0 Å². The third kappa shape index (κ3) is 3.36. The average Bonchev–Trinajstić information content (AvgIpc) is 2.21. The van der Waals surface area contributed by atoms with E-state index >= 15 is 0 Å². The maximum atomic E-state index is 6.14. The molecule has 0 radical (unpaired) electrons. The maximum Gasteiger partial charge on any atom is 0.147 e. The molecule has 0 N–H and O–H groups in total. The first-order valence-electron chi connectivity index (χ1n) is 5.05. The summed E-state index contributed by atoms with van der Waals surface area (Å²) >= 11 is 6.14. The third-order valence-electron chi connectivity index (χ3n) is 2.21. The second kappa shape index (κ2) is 5.93. The minimum atomic E-state index is 0.680. The van der Waals surface area contributed by atoms with Crippen LogP contribution in [-0.2, 0) is 4.74 Å². The lowest BCUT2D eigenvalue weighted by Gasteiger charge is -2.22. The summed E-state index contributed by atoms with van der Waals surface area (Å²) in [6.07, 6.45) is 1.83. The second-order valence-corrected chi connectivity index (χ2v) is 3.80. The van der Waals surface area contributed by atoms with E-state index in [1.54, 1.807) is 7.11 Å². The minimum absolute atomic E-state index is 0.680. The number of aryl methyl sites for hydroxylation is 1. The zero-order valence-corrected chi connectivity index (χ0v) is 10.2. The summed E-state index contributed by atoms with van der Waals surface area (Å²) in [5, 5.41) is 0.702. The van der Waals surface area contributed by atoms with Gasteiger partial charge in [-0.05, 0) is 25.5 Å². The highest BCUT2D eigenvalue weighted by molar-refractivity contribution is 6.33. The topological polar surface area (TPSA) is 25.4 Å². The Kier molecular flexibility index (Phi) is 4.85. The number of rotatable bonds is 5. The van der Waals surface area contributed by atoms with Gasteiger partial charge in [0.1, 0.15) is 5.82 Å². The molecule has 0 amide bonds. The summed E-state index contributed by atoms with van der Waals surface area (Å²) in [5.74, 6) is 0.835. The van der Waals surface area contributed by atoms with Gasteiger partial charge in [0, 0.05) is 26.4 Å². The van der Waals surface area contributed by atoms with E-state index < -0.39 is 0 Å². The zero-order chi connectivity index (χ0) is 11.3. The first kappa shape index (κ1) is 12.3. The molecular formula is C11H17ClN2O. The standard InChI is InChI=1S/C11H17ClN2O/c1-4-14(5-6-15-3)11-10(12)7-9(2)8-13-11/h7-8H,4-6H2,1-3H3. The zero-order valence-electron chi connectivity index (χ0n) is 9.46. The molecule has 0 bridgehead atoms. The molecule has 1 aromatic rings. The summed E-state index contributed by atoms with van der Waals surface area (Å²) in [6, 6.07) is 1.93. The predicted molar refractivity (Wildman–Crippen MR) is 63.7 cm³/mol. The molecule has 84 valence electrons. The third-order valence-corrected chi connectivity index (χ3v) is 2.48. The van der Waals surface area contributed by atoms with Gasteiger partial charge in [0.15, 0.2) is 0 Å². The molecule has 0 saturated heterocycles. The lowest BCUT2D eigenvalue weighted by atomic mass is 10.3. The van der Waals surface area contributed by atoms with Crippen molar-refractivity contribution in [2.24, 2.45) is 0 Å². The monoisotopic (exact) mass is 228 g/mol. The number of hydrogen-bond acceptors (Lipinski definition) is 3. The molecule has 4 heteroatoms. The van der Waals surface area contributed by atoms with Crippen molar-refractivity contribution in [2.45, 2.75) is 13.8 Å². The molecule has 0 atom stereocenters. The van der Waals surface area contributed by atoms with Gasteiger partial charge in [0.25, 0.3) is 0 Å². The van der Waals surface area contributed by atoms with E-state index in [0.717, 1.165) is 24.5 Å². The van der Waals surface area contributed by atoms with Gasteiger partial charge in [-0.25, -0.2) is 4.98 Å². The molecule has 3 nitrogen and oxygen atoms in total. The lowest BCUT2D eigenvalue weighted by molar-refractivity contribution is 0.205. The molecule has 0 spiro atoms. The van der Waals surface area contributed by atoms with E-state index in [-0.39, 0.29) is 0 Å². The number of methoxy groups -OCH3 is 1. The van der Waals surface area contributed by atoms with Crippen molar-refractivity contribution in [3.05, 3.63) is 22.8 Å². The number of aromatic nitrogens is 1. The predicted octanol–water partition coefficient (Wildman–Crippen LogP) is 2.52. The highest BCUT2D eigenvalue weighted by atomic mass is 35.5. The fraction of sp³-hybridized carbons (Fsp3) is 0.545. The van der Waals surface area contributed by atoms with E-state index in [2.05, 4.69) is 16.8 Å². The van der Waals surface area contributed by atoms with Crippen LogP contribution < -0.4 is 4.90 Å². The van der Waals surface area contributed by atoms with Gasteiger partial charge < -0.3 is 9.64 Å². The Balaban J connectivity index is 2.81. The van der Waals surface area contributed by atoms with Crippen LogP contribution in [0.3, 0.4) is 0 Å². The Morgan fingerprint density at radius 2 is 2.27 bits per heavy atom. The van der Waals surface area contributed by atoms with Crippen molar-refractivity contribution in [1.82, 2.24) is 4.98 Å². The fourth-order valence-electron chi connectivity index (χ4n) is 1.37. The van der Waals surface area contributed by atoms with E-state index in [4.69, 9.17) is 16.3 Å². The number of nitrogens with zero attached hydrogens (tertiary/aromatic N) is 2. The number of halogens is 1. The van der Waals surface area contributed by atoms with Crippen molar-refractivity contribution in [2.75, 3.05) is 31.7 Å². The Labute approximate surface area is 96.0 Å². The summed E-state index contributed by atoms with van der Waals surface area (Å²) in [5.41, 5.74) is 1.08. The van der Waals surface area contributed by atoms with Crippen molar-refractivity contribution >= 4 is 17.4 Å². The number of likely N-dealkylation sites (N-methyl/N-ethyl adjacent to an activating group) is 1. The van der Waals surface area contributed by atoms with Gasteiger partial charge in [-0.1, -0.05) is 11.6 Å². The first-order chi connectivity index (χ1) is 7.19. The normalized spacial score (nSPS) is 10.4. The van der Waals surface area contributed by atoms with Crippen LogP contribution in [0.15, 0.2) is 12.3 Å². The number of hydrogen-bond donors (Lipinski definition) is 0. The van der Waals surface area contributed by atoms with Gasteiger partial charge in [-0.2, -0.15) is 0 Å². The number of ether oxygens (including phenoxy) is 1. The number of pyridine rings is 1. The van der Waals surface area contributed by atoms with Crippen LogP contribution in [0.25, 0.3) is 0 Å². The summed E-state index contributed by atoms with van der Waals surface area (Å²) in [7, 11) is 1.69. The van der Waals surface area contributed by atoms with Crippen LogP contribution in [0.5, 0.6) is 0 Å². The van der Waals surface area contributed by atoms with E-state index in [9.17, 15) is 0 Å². The molecule has 15 heavy (non-hydrogen) atoms.